The third kappa shape index (κ3) is 5.90. The van der Waals surface area contributed by atoms with E-state index in [1.165, 1.54) is 63.4 Å². The molecule has 0 saturated heterocycles. The van der Waals surface area contributed by atoms with Gasteiger partial charge in [0.25, 0.3) is 0 Å². The molecule has 0 bridgehead atoms. The second-order valence-corrected chi connectivity index (χ2v) is 8.66. The van der Waals surface area contributed by atoms with E-state index in [2.05, 4.69) is 31.0 Å². The lowest BCUT2D eigenvalue weighted by atomic mass is 9.78. The first-order valence-electron chi connectivity index (χ1n) is 11.4. The summed E-state index contributed by atoms with van der Waals surface area (Å²) in [7, 11) is 0. The topological polar surface area (TPSA) is 12.9 Å². The number of halogens is 1. The number of aryl methyl sites for hydroxylation is 2. The minimum Gasteiger partial charge on any atom is -0.256 e. The van der Waals surface area contributed by atoms with E-state index >= 15 is 0 Å². The molecular weight excluding hydrogens is 345 g/mol. The molecular formula is C26H36FN. The highest BCUT2D eigenvalue weighted by molar-refractivity contribution is 5.60. The highest BCUT2D eigenvalue weighted by atomic mass is 19.1. The summed E-state index contributed by atoms with van der Waals surface area (Å²) >= 11 is 0. The van der Waals surface area contributed by atoms with Gasteiger partial charge in [0, 0.05) is 11.8 Å². The van der Waals surface area contributed by atoms with Crippen LogP contribution in [-0.4, -0.2) is 4.98 Å². The Bertz CT molecular complexity index is 714. The Morgan fingerprint density at radius 1 is 0.893 bits per heavy atom. The van der Waals surface area contributed by atoms with Crippen LogP contribution in [0.25, 0.3) is 11.3 Å². The summed E-state index contributed by atoms with van der Waals surface area (Å²) in [4.78, 5) is 4.51. The Balaban J connectivity index is 1.55. The van der Waals surface area contributed by atoms with Gasteiger partial charge in [-0.05, 0) is 66.8 Å². The van der Waals surface area contributed by atoms with E-state index in [4.69, 9.17) is 0 Å². The summed E-state index contributed by atoms with van der Waals surface area (Å²) in [6.07, 6.45) is 15.6. The van der Waals surface area contributed by atoms with Crippen molar-refractivity contribution in [1.29, 1.82) is 0 Å². The van der Waals surface area contributed by atoms with Gasteiger partial charge in [-0.1, -0.05) is 70.9 Å². The maximum Gasteiger partial charge on any atom is 0.132 e. The van der Waals surface area contributed by atoms with Crippen LogP contribution in [0.5, 0.6) is 0 Å². The van der Waals surface area contributed by atoms with Crippen LogP contribution >= 0.6 is 0 Å². The number of rotatable bonds is 9. The number of hydrogen-bond acceptors (Lipinski definition) is 1. The van der Waals surface area contributed by atoms with Crippen molar-refractivity contribution < 1.29 is 4.39 Å². The Hall–Kier alpha value is -1.70. The molecule has 152 valence electrons. The van der Waals surface area contributed by atoms with E-state index in [9.17, 15) is 4.39 Å². The molecule has 0 aliphatic heterocycles. The first kappa shape index (κ1) is 21.0. The number of hydrogen-bond donors (Lipinski definition) is 0. The first-order valence-corrected chi connectivity index (χ1v) is 11.4. The smallest absolute Gasteiger partial charge is 0.132 e. The summed E-state index contributed by atoms with van der Waals surface area (Å²) in [5, 5.41) is 0. The quantitative estimate of drug-likeness (QED) is 0.404. The molecule has 2 heteroatoms. The number of nitrogens with zero attached hydrogens (tertiary/aromatic N) is 1. The van der Waals surface area contributed by atoms with Crippen LogP contribution in [-0.2, 0) is 12.8 Å². The SMILES string of the molecule is CCCCCc1ccc(-c2ccc(CC[C@H]3CC[C@H](CC)CC3)cc2F)nc1. The van der Waals surface area contributed by atoms with Crippen molar-refractivity contribution in [1.82, 2.24) is 4.98 Å². The van der Waals surface area contributed by atoms with E-state index in [1.807, 2.05) is 18.3 Å². The van der Waals surface area contributed by atoms with E-state index in [0.717, 1.165) is 35.9 Å². The van der Waals surface area contributed by atoms with Crippen molar-refractivity contribution in [3.05, 3.63) is 53.5 Å². The van der Waals surface area contributed by atoms with Gasteiger partial charge in [-0.15, -0.1) is 0 Å². The zero-order chi connectivity index (χ0) is 19.8. The molecule has 1 aromatic heterocycles. The molecule has 0 radical (unpaired) electrons. The summed E-state index contributed by atoms with van der Waals surface area (Å²) < 4.78 is 14.7. The lowest BCUT2D eigenvalue weighted by Crippen LogP contribution is -2.14. The number of unbranched alkanes of at least 4 members (excludes halogenated alkanes) is 2. The van der Waals surface area contributed by atoms with Crippen molar-refractivity contribution in [2.45, 2.75) is 84.5 Å². The van der Waals surface area contributed by atoms with E-state index in [0.29, 0.717) is 5.56 Å². The molecule has 28 heavy (non-hydrogen) atoms. The lowest BCUT2D eigenvalue weighted by Gasteiger charge is -2.27. The van der Waals surface area contributed by atoms with E-state index in [-0.39, 0.29) is 5.82 Å². The van der Waals surface area contributed by atoms with Gasteiger partial charge in [0.05, 0.1) is 5.69 Å². The third-order valence-electron chi connectivity index (χ3n) is 6.59. The minimum atomic E-state index is -0.140. The zero-order valence-electron chi connectivity index (χ0n) is 17.7. The second kappa shape index (κ2) is 10.7. The fraction of sp³-hybridized carbons (Fsp3) is 0.577. The van der Waals surface area contributed by atoms with E-state index < -0.39 is 0 Å². The summed E-state index contributed by atoms with van der Waals surface area (Å²) in [5.74, 6) is 1.63. The molecule has 1 aliphatic rings. The van der Waals surface area contributed by atoms with Crippen LogP contribution in [0.2, 0.25) is 0 Å². The van der Waals surface area contributed by atoms with Gasteiger partial charge in [0.2, 0.25) is 0 Å². The maximum absolute atomic E-state index is 14.7. The number of benzene rings is 1. The molecule has 1 heterocycles. The van der Waals surface area contributed by atoms with Gasteiger partial charge in [-0.25, -0.2) is 4.39 Å². The lowest BCUT2D eigenvalue weighted by molar-refractivity contribution is 0.259. The molecule has 1 saturated carbocycles. The fourth-order valence-corrected chi connectivity index (χ4v) is 4.53. The molecule has 3 rings (SSSR count). The van der Waals surface area contributed by atoms with Gasteiger partial charge in [-0.2, -0.15) is 0 Å². The van der Waals surface area contributed by atoms with E-state index in [1.54, 1.807) is 6.07 Å². The number of pyridine rings is 1. The average Bonchev–Trinajstić information content (AvgIpc) is 2.73. The van der Waals surface area contributed by atoms with Crippen LogP contribution in [0.1, 0.15) is 82.8 Å². The predicted molar refractivity (Wildman–Crippen MR) is 117 cm³/mol. The van der Waals surface area contributed by atoms with Gasteiger partial charge >= 0.3 is 0 Å². The molecule has 0 amide bonds. The zero-order valence-corrected chi connectivity index (χ0v) is 17.7. The summed E-state index contributed by atoms with van der Waals surface area (Å²) in [5.41, 5.74) is 3.72. The predicted octanol–water partition coefficient (Wildman–Crippen LogP) is 7.77. The van der Waals surface area contributed by atoms with Gasteiger partial charge < -0.3 is 0 Å². The van der Waals surface area contributed by atoms with Gasteiger partial charge in [-0.3, -0.25) is 4.98 Å². The second-order valence-electron chi connectivity index (χ2n) is 8.66. The molecule has 2 aromatic rings. The Kier molecular flexibility index (Phi) is 8.06. The normalized spacial score (nSPS) is 19.7. The van der Waals surface area contributed by atoms with Gasteiger partial charge in [0.15, 0.2) is 0 Å². The van der Waals surface area contributed by atoms with Crippen LogP contribution in [0, 0.1) is 17.7 Å². The summed E-state index contributed by atoms with van der Waals surface area (Å²) in [6, 6.07) is 9.79. The highest BCUT2D eigenvalue weighted by Crippen LogP contribution is 2.33. The highest BCUT2D eigenvalue weighted by Gasteiger charge is 2.19. The van der Waals surface area contributed by atoms with Crippen LogP contribution in [0.15, 0.2) is 36.5 Å². The summed E-state index contributed by atoms with van der Waals surface area (Å²) in [6.45, 7) is 4.52. The molecule has 1 aliphatic carbocycles. The Morgan fingerprint density at radius 3 is 2.29 bits per heavy atom. The molecule has 0 atom stereocenters. The average molecular weight is 382 g/mol. The van der Waals surface area contributed by atoms with Crippen molar-refractivity contribution >= 4 is 0 Å². The monoisotopic (exact) mass is 381 g/mol. The Labute approximate surface area is 170 Å². The molecule has 1 aromatic carbocycles. The first-order chi connectivity index (χ1) is 13.7. The third-order valence-corrected chi connectivity index (χ3v) is 6.59. The van der Waals surface area contributed by atoms with Crippen molar-refractivity contribution in [3.63, 3.8) is 0 Å². The largest absolute Gasteiger partial charge is 0.256 e. The van der Waals surface area contributed by atoms with Crippen molar-refractivity contribution in [2.75, 3.05) is 0 Å². The fourth-order valence-electron chi connectivity index (χ4n) is 4.53. The minimum absolute atomic E-state index is 0.140. The Morgan fingerprint density at radius 2 is 1.64 bits per heavy atom. The molecule has 0 unspecified atom stereocenters. The van der Waals surface area contributed by atoms with Crippen LogP contribution in [0.3, 0.4) is 0 Å². The molecule has 1 fully saturated rings. The van der Waals surface area contributed by atoms with Crippen LogP contribution < -0.4 is 0 Å². The molecule has 1 nitrogen and oxygen atoms in total. The van der Waals surface area contributed by atoms with Crippen LogP contribution in [0.4, 0.5) is 4.39 Å². The van der Waals surface area contributed by atoms with Crippen molar-refractivity contribution in [2.24, 2.45) is 11.8 Å². The molecule has 0 spiro atoms. The molecule has 0 N–H and O–H groups in total. The standard InChI is InChI=1S/C26H36FN/c1-3-5-6-7-23-15-17-26(28-19-23)24-16-14-22(18-25(24)27)13-12-21-10-8-20(4-2)9-11-21/h14-21H,3-13H2,1-2H3/t20-,21-. The van der Waals surface area contributed by atoms with Gasteiger partial charge in [0.1, 0.15) is 5.82 Å². The number of aromatic nitrogens is 1. The maximum atomic E-state index is 14.7. The van der Waals surface area contributed by atoms with Crippen molar-refractivity contribution in [3.8, 4) is 11.3 Å².